The van der Waals surface area contributed by atoms with Gasteiger partial charge in [-0.1, -0.05) is 19.3 Å². The number of nitrogens with one attached hydrogen (secondary N) is 1. The standard InChI is InChI=1S/C18H24N4O3S2/c1-11-14(15(19-3)27-21-11)17(24)25-12(2)16(23)22(18-20-9-10-26-18)13-7-5-4-6-8-13/h9-10,12-13,19H,4-8H2,1-3H3. The molecule has 0 aromatic carbocycles. The maximum absolute atomic E-state index is 13.2. The Labute approximate surface area is 166 Å². The maximum Gasteiger partial charge on any atom is 0.343 e. The Morgan fingerprint density at radius 2 is 2.07 bits per heavy atom. The molecule has 146 valence electrons. The molecule has 1 unspecified atom stereocenters. The van der Waals surface area contributed by atoms with E-state index >= 15 is 0 Å². The molecule has 0 aliphatic heterocycles. The van der Waals surface area contributed by atoms with E-state index in [0.29, 0.717) is 21.4 Å². The number of nitrogens with zero attached hydrogens (tertiary/aromatic N) is 3. The van der Waals surface area contributed by atoms with Crippen LogP contribution in [0.25, 0.3) is 0 Å². The topological polar surface area (TPSA) is 84.4 Å². The van der Waals surface area contributed by atoms with Gasteiger partial charge in [0.15, 0.2) is 11.2 Å². The van der Waals surface area contributed by atoms with Gasteiger partial charge in [-0.2, -0.15) is 4.37 Å². The first-order valence-corrected chi connectivity index (χ1v) is 10.8. The minimum Gasteiger partial charge on any atom is -0.449 e. The van der Waals surface area contributed by atoms with E-state index < -0.39 is 12.1 Å². The fourth-order valence-electron chi connectivity index (χ4n) is 3.35. The molecule has 0 radical (unpaired) electrons. The first kappa shape index (κ1) is 19.8. The molecule has 7 nitrogen and oxygen atoms in total. The average Bonchev–Trinajstić information content (AvgIpc) is 3.32. The molecule has 1 amide bonds. The van der Waals surface area contributed by atoms with Crippen LogP contribution in [-0.4, -0.2) is 40.4 Å². The third-order valence-corrected chi connectivity index (χ3v) is 6.45. The summed E-state index contributed by atoms with van der Waals surface area (Å²) in [7, 11) is 1.73. The second-order valence-electron chi connectivity index (χ2n) is 6.58. The van der Waals surface area contributed by atoms with Gasteiger partial charge in [0.2, 0.25) is 0 Å². The van der Waals surface area contributed by atoms with E-state index in [1.165, 1.54) is 29.3 Å². The molecule has 0 saturated heterocycles. The van der Waals surface area contributed by atoms with Crippen LogP contribution in [0.3, 0.4) is 0 Å². The zero-order chi connectivity index (χ0) is 19.4. The van der Waals surface area contributed by atoms with Crippen molar-refractivity contribution in [1.82, 2.24) is 9.36 Å². The van der Waals surface area contributed by atoms with Gasteiger partial charge in [0.25, 0.3) is 5.91 Å². The van der Waals surface area contributed by atoms with Crippen LogP contribution in [0.1, 0.15) is 55.1 Å². The van der Waals surface area contributed by atoms with Crippen LogP contribution in [0, 0.1) is 6.92 Å². The summed E-state index contributed by atoms with van der Waals surface area (Å²) in [6, 6.07) is 0.107. The minimum atomic E-state index is -0.896. The van der Waals surface area contributed by atoms with Crippen LogP contribution in [-0.2, 0) is 9.53 Å². The van der Waals surface area contributed by atoms with Crippen LogP contribution in [0.15, 0.2) is 11.6 Å². The molecule has 1 saturated carbocycles. The van der Waals surface area contributed by atoms with Crippen LogP contribution < -0.4 is 10.2 Å². The van der Waals surface area contributed by atoms with Gasteiger partial charge in [-0.25, -0.2) is 9.78 Å². The summed E-state index contributed by atoms with van der Waals surface area (Å²) in [5.74, 6) is -0.758. The Balaban J connectivity index is 1.77. The van der Waals surface area contributed by atoms with Gasteiger partial charge in [-0.3, -0.25) is 9.69 Å². The predicted octanol–water partition coefficient (Wildman–Crippen LogP) is 3.86. The average molecular weight is 409 g/mol. The highest BCUT2D eigenvalue weighted by molar-refractivity contribution is 7.13. The van der Waals surface area contributed by atoms with Crippen LogP contribution in [0.4, 0.5) is 10.1 Å². The fraction of sp³-hybridized carbons (Fsp3) is 0.556. The number of ether oxygens (including phenoxy) is 1. The number of carbonyl (C=O) groups is 2. The highest BCUT2D eigenvalue weighted by Gasteiger charge is 2.34. The van der Waals surface area contributed by atoms with Gasteiger partial charge in [-0.15, -0.1) is 11.3 Å². The van der Waals surface area contributed by atoms with E-state index in [1.807, 2.05) is 5.38 Å². The van der Waals surface area contributed by atoms with Crippen molar-refractivity contribution >= 4 is 44.9 Å². The Morgan fingerprint density at radius 1 is 1.33 bits per heavy atom. The summed E-state index contributed by atoms with van der Waals surface area (Å²) < 4.78 is 9.71. The molecule has 1 N–H and O–H groups in total. The van der Waals surface area contributed by atoms with Gasteiger partial charge in [0.05, 0.1) is 5.69 Å². The van der Waals surface area contributed by atoms with Gasteiger partial charge in [-0.05, 0) is 38.2 Å². The maximum atomic E-state index is 13.2. The van der Waals surface area contributed by atoms with Crippen molar-refractivity contribution < 1.29 is 14.3 Å². The molecule has 2 heterocycles. The van der Waals surface area contributed by atoms with E-state index in [9.17, 15) is 9.59 Å². The van der Waals surface area contributed by atoms with Crippen molar-refractivity contribution in [2.75, 3.05) is 17.3 Å². The SMILES string of the molecule is CNc1snc(C)c1C(=O)OC(C)C(=O)N(c1nccs1)C1CCCCC1. The fourth-order valence-corrected chi connectivity index (χ4v) is 4.80. The lowest BCUT2D eigenvalue weighted by Gasteiger charge is -2.33. The summed E-state index contributed by atoms with van der Waals surface area (Å²) >= 11 is 2.63. The second kappa shape index (κ2) is 8.79. The van der Waals surface area contributed by atoms with Crippen molar-refractivity contribution in [2.45, 2.75) is 58.1 Å². The lowest BCUT2D eigenvalue weighted by Crippen LogP contribution is -2.47. The van der Waals surface area contributed by atoms with E-state index in [2.05, 4.69) is 14.7 Å². The number of carbonyl (C=O) groups excluding carboxylic acids is 2. The molecule has 2 aromatic heterocycles. The Bertz CT molecular complexity index is 785. The number of amides is 1. The lowest BCUT2D eigenvalue weighted by molar-refractivity contribution is -0.127. The number of thiazole rings is 1. The number of hydrogen-bond acceptors (Lipinski definition) is 8. The molecule has 1 aliphatic rings. The number of anilines is 2. The molecular formula is C18H24N4O3S2. The zero-order valence-corrected chi connectivity index (χ0v) is 17.4. The van der Waals surface area contributed by atoms with Gasteiger partial charge in [0, 0.05) is 24.7 Å². The zero-order valence-electron chi connectivity index (χ0n) is 15.7. The van der Waals surface area contributed by atoms with Gasteiger partial charge < -0.3 is 10.1 Å². The molecule has 0 spiro atoms. The Kier molecular flexibility index (Phi) is 6.43. The number of rotatable bonds is 6. The largest absolute Gasteiger partial charge is 0.449 e. The van der Waals surface area contributed by atoms with Gasteiger partial charge in [0.1, 0.15) is 10.6 Å². The number of aromatic nitrogens is 2. The number of hydrogen-bond donors (Lipinski definition) is 1. The van der Waals surface area contributed by atoms with E-state index in [0.717, 1.165) is 25.7 Å². The number of esters is 1. The second-order valence-corrected chi connectivity index (χ2v) is 8.23. The molecule has 1 atom stereocenters. The summed E-state index contributed by atoms with van der Waals surface area (Å²) in [5, 5.41) is 6.11. The monoisotopic (exact) mass is 408 g/mol. The van der Waals surface area contributed by atoms with Crippen molar-refractivity contribution in [3.8, 4) is 0 Å². The Hall–Kier alpha value is -2.00. The van der Waals surface area contributed by atoms with Crippen LogP contribution in [0.2, 0.25) is 0 Å². The highest BCUT2D eigenvalue weighted by atomic mass is 32.1. The molecule has 3 rings (SSSR count). The summed E-state index contributed by atoms with van der Waals surface area (Å²) in [6.45, 7) is 3.38. The predicted molar refractivity (Wildman–Crippen MR) is 108 cm³/mol. The van der Waals surface area contributed by atoms with E-state index in [-0.39, 0.29) is 11.9 Å². The highest BCUT2D eigenvalue weighted by Crippen LogP contribution is 2.30. The molecule has 9 heteroatoms. The molecule has 1 fully saturated rings. The van der Waals surface area contributed by atoms with Crippen molar-refractivity contribution in [3.05, 3.63) is 22.8 Å². The lowest BCUT2D eigenvalue weighted by atomic mass is 9.94. The van der Waals surface area contributed by atoms with Crippen molar-refractivity contribution in [2.24, 2.45) is 0 Å². The van der Waals surface area contributed by atoms with E-state index in [4.69, 9.17) is 4.74 Å². The molecule has 1 aliphatic carbocycles. The van der Waals surface area contributed by atoms with Gasteiger partial charge >= 0.3 is 5.97 Å². The third-order valence-electron chi connectivity index (χ3n) is 4.73. The van der Waals surface area contributed by atoms with E-state index in [1.54, 1.807) is 32.0 Å². The molecule has 0 bridgehead atoms. The van der Waals surface area contributed by atoms with Crippen molar-refractivity contribution in [1.29, 1.82) is 0 Å². The molecule has 2 aromatic rings. The summed E-state index contributed by atoms with van der Waals surface area (Å²) in [4.78, 5) is 31.9. The molecular weight excluding hydrogens is 384 g/mol. The van der Waals surface area contributed by atoms with Crippen LogP contribution >= 0.6 is 22.9 Å². The normalized spacial score (nSPS) is 16.0. The first-order valence-electron chi connectivity index (χ1n) is 9.10. The quantitative estimate of drug-likeness (QED) is 0.731. The van der Waals surface area contributed by atoms with Crippen molar-refractivity contribution in [3.63, 3.8) is 0 Å². The van der Waals surface area contributed by atoms with Crippen LogP contribution in [0.5, 0.6) is 0 Å². The summed E-state index contributed by atoms with van der Waals surface area (Å²) in [6.07, 6.45) is 6.08. The minimum absolute atomic E-state index is 0.107. The first-order chi connectivity index (χ1) is 13.0. The third kappa shape index (κ3) is 4.30. The smallest absolute Gasteiger partial charge is 0.343 e. The molecule has 27 heavy (non-hydrogen) atoms. The Morgan fingerprint density at radius 3 is 2.70 bits per heavy atom. The summed E-state index contributed by atoms with van der Waals surface area (Å²) in [5.41, 5.74) is 0.985. The number of aryl methyl sites for hydroxylation is 1.